The van der Waals surface area contributed by atoms with Gasteiger partial charge in [-0.3, -0.25) is 0 Å². The number of ether oxygens (including phenoxy) is 2. The molecule has 1 fully saturated rings. The number of fused-ring (bicyclic) bond motifs is 1. The third-order valence-electron chi connectivity index (χ3n) is 4.03. The zero-order valence-electron chi connectivity index (χ0n) is 12.7. The lowest BCUT2D eigenvalue weighted by Crippen LogP contribution is -2.02. The topological polar surface area (TPSA) is 60.0 Å². The van der Waals surface area contributed by atoms with Crippen molar-refractivity contribution in [1.29, 1.82) is 0 Å². The van der Waals surface area contributed by atoms with Crippen molar-refractivity contribution in [1.82, 2.24) is 15.0 Å². The van der Waals surface area contributed by atoms with Gasteiger partial charge in [-0.2, -0.15) is 0 Å². The molecule has 0 bridgehead atoms. The normalized spacial score (nSPS) is 14.2. The number of nitrogens with zero attached hydrogens (tertiary/aromatic N) is 2. The molecule has 1 aliphatic carbocycles. The van der Waals surface area contributed by atoms with Gasteiger partial charge >= 0.3 is 0 Å². The summed E-state index contributed by atoms with van der Waals surface area (Å²) < 4.78 is 25.1. The van der Waals surface area contributed by atoms with E-state index >= 15 is 0 Å². The van der Waals surface area contributed by atoms with Crippen LogP contribution < -0.4 is 9.47 Å². The van der Waals surface area contributed by atoms with E-state index in [9.17, 15) is 4.39 Å². The Morgan fingerprint density at radius 3 is 2.91 bits per heavy atom. The van der Waals surface area contributed by atoms with E-state index in [2.05, 4.69) is 15.0 Å². The molecule has 6 heteroatoms. The first-order valence-electron chi connectivity index (χ1n) is 7.55. The highest BCUT2D eigenvalue weighted by Crippen LogP contribution is 2.38. The molecule has 4 rings (SSSR count). The number of nitrogens with one attached hydrogen (secondary N) is 1. The van der Waals surface area contributed by atoms with Crippen molar-refractivity contribution < 1.29 is 13.9 Å². The maximum Gasteiger partial charge on any atom is 0.168 e. The summed E-state index contributed by atoms with van der Waals surface area (Å²) in [4.78, 5) is 11.7. The minimum Gasteiger partial charge on any atom is -0.494 e. The molecule has 0 atom stereocenters. The molecule has 0 radical (unpaired) electrons. The Labute approximate surface area is 132 Å². The molecular formula is C17H16FN3O2. The van der Waals surface area contributed by atoms with E-state index in [0.29, 0.717) is 29.5 Å². The van der Waals surface area contributed by atoms with Crippen LogP contribution in [0.5, 0.6) is 11.5 Å². The first-order valence-corrected chi connectivity index (χ1v) is 7.55. The SMILES string of the molecule is COc1cc(-c2ncnc3cc[nH]c23)c(OCC2CC2)cc1F. The molecule has 1 aliphatic rings. The number of hydrogen-bond donors (Lipinski definition) is 1. The van der Waals surface area contributed by atoms with Crippen LogP contribution in [0, 0.1) is 11.7 Å². The Morgan fingerprint density at radius 1 is 1.26 bits per heavy atom. The molecule has 0 amide bonds. The van der Waals surface area contributed by atoms with Crippen LogP contribution in [0.1, 0.15) is 12.8 Å². The zero-order valence-corrected chi connectivity index (χ0v) is 12.7. The summed E-state index contributed by atoms with van der Waals surface area (Å²) in [5.41, 5.74) is 2.95. The summed E-state index contributed by atoms with van der Waals surface area (Å²) >= 11 is 0. The van der Waals surface area contributed by atoms with Crippen molar-refractivity contribution in [2.45, 2.75) is 12.8 Å². The van der Waals surface area contributed by atoms with E-state index in [1.807, 2.05) is 6.07 Å². The van der Waals surface area contributed by atoms with Gasteiger partial charge in [0.15, 0.2) is 11.6 Å². The fourth-order valence-corrected chi connectivity index (χ4v) is 2.56. The van der Waals surface area contributed by atoms with Gasteiger partial charge in [0.25, 0.3) is 0 Å². The Hall–Kier alpha value is -2.63. The summed E-state index contributed by atoms with van der Waals surface area (Å²) in [6, 6.07) is 4.86. The lowest BCUT2D eigenvalue weighted by atomic mass is 10.1. The number of rotatable bonds is 5. The summed E-state index contributed by atoms with van der Waals surface area (Å²) in [7, 11) is 1.44. The van der Waals surface area contributed by atoms with E-state index in [1.165, 1.54) is 32.3 Å². The molecule has 1 aromatic carbocycles. The lowest BCUT2D eigenvalue weighted by Gasteiger charge is -2.13. The quantitative estimate of drug-likeness (QED) is 0.782. The maximum absolute atomic E-state index is 14.1. The molecule has 2 heterocycles. The molecule has 0 spiro atoms. The van der Waals surface area contributed by atoms with Crippen molar-refractivity contribution in [3.05, 3.63) is 36.5 Å². The number of methoxy groups -OCH3 is 1. The molecule has 118 valence electrons. The van der Waals surface area contributed by atoms with Crippen LogP contribution in [0.3, 0.4) is 0 Å². The summed E-state index contributed by atoms with van der Waals surface area (Å²) in [6.45, 7) is 0.595. The Balaban J connectivity index is 1.85. The molecule has 5 nitrogen and oxygen atoms in total. The highest BCUT2D eigenvalue weighted by molar-refractivity contribution is 5.91. The first kappa shape index (κ1) is 14.0. The number of halogens is 1. The fourth-order valence-electron chi connectivity index (χ4n) is 2.56. The predicted molar refractivity (Wildman–Crippen MR) is 84.1 cm³/mol. The Morgan fingerprint density at radius 2 is 2.13 bits per heavy atom. The van der Waals surface area contributed by atoms with Gasteiger partial charge < -0.3 is 14.5 Å². The largest absolute Gasteiger partial charge is 0.494 e. The number of hydrogen-bond acceptors (Lipinski definition) is 4. The molecule has 0 unspecified atom stereocenters. The number of H-pyrrole nitrogens is 1. The van der Waals surface area contributed by atoms with Gasteiger partial charge in [-0.1, -0.05) is 0 Å². The Bertz CT molecular complexity index is 858. The molecule has 3 aromatic rings. The van der Waals surface area contributed by atoms with Gasteiger partial charge in [0, 0.05) is 17.8 Å². The van der Waals surface area contributed by atoms with Crippen LogP contribution >= 0.6 is 0 Å². The van der Waals surface area contributed by atoms with E-state index in [-0.39, 0.29) is 5.75 Å². The molecule has 1 N–H and O–H groups in total. The van der Waals surface area contributed by atoms with Crippen LogP contribution in [0.15, 0.2) is 30.7 Å². The standard InChI is InChI=1S/C17H16FN3O2/c1-22-15-6-11(14(7-12(15)18)23-8-10-2-3-10)16-17-13(4-5-19-17)20-9-21-16/h4-7,9-10,19H,2-3,8H2,1H3. The highest BCUT2D eigenvalue weighted by Gasteiger charge is 2.24. The third-order valence-corrected chi connectivity index (χ3v) is 4.03. The first-order chi connectivity index (χ1) is 11.3. The van der Waals surface area contributed by atoms with Gasteiger partial charge in [-0.15, -0.1) is 0 Å². The second-order valence-electron chi connectivity index (χ2n) is 5.70. The molecule has 1 saturated carbocycles. The van der Waals surface area contributed by atoms with Gasteiger partial charge in [0.2, 0.25) is 0 Å². The van der Waals surface area contributed by atoms with Crippen molar-refractivity contribution in [2.24, 2.45) is 5.92 Å². The highest BCUT2D eigenvalue weighted by atomic mass is 19.1. The van der Waals surface area contributed by atoms with Crippen LogP contribution in [-0.4, -0.2) is 28.7 Å². The van der Waals surface area contributed by atoms with Crippen molar-refractivity contribution in [2.75, 3.05) is 13.7 Å². The number of aromatic amines is 1. The van der Waals surface area contributed by atoms with E-state index < -0.39 is 5.82 Å². The smallest absolute Gasteiger partial charge is 0.168 e. The second-order valence-corrected chi connectivity index (χ2v) is 5.70. The molecule has 2 aromatic heterocycles. The monoisotopic (exact) mass is 313 g/mol. The summed E-state index contributed by atoms with van der Waals surface area (Å²) in [5, 5.41) is 0. The molecule has 0 saturated heterocycles. The molecule has 23 heavy (non-hydrogen) atoms. The fraction of sp³-hybridized carbons (Fsp3) is 0.294. The minimum absolute atomic E-state index is 0.164. The van der Waals surface area contributed by atoms with E-state index in [1.54, 1.807) is 12.3 Å². The Kier molecular flexibility index (Phi) is 3.37. The summed E-state index contributed by atoms with van der Waals surface area (Å²) in [5.74, 6) is 0.768. The lowest BCUT2D eigenvalue weighted by molar-refractivity contribution is 0.297. The summed E-state index contributed by atoms with van der Waals surface area (Å²) in [6.07, 6.45) is 5.63. The second kappa shape index (κ2) is 5.53. The van der Waals surface area contributed by atoms with Crippen molar-refractivity contribution in [3.63, 3.8) is 0 Å². The van der Waals surface area contributed by atoms with Crippen LogP contribution in [-0.2, 0) is 0 Å². The van der Waals surface area contributed by atoms with Crippen LogP contribution in [0.2, 0.25) is 0 Å². The predicted octanol–water partition coefficient (Wildman–Crippen LogP) is 3.56. The molecule has 0 aliphatic heterocycles. The maximum atomic E-state index is 14.1. The average Bonchev–Trinajstić information content (AvgIpc) is 3.27. The molecular weight excluding hydrogens is 297 g/mol. The van der Waals surface area contributed by atoms with Crippen LogP contribution in [0.4, 0.5) is 4.39 Å². The van der Waals surface area contributed by atoms with Gasteiger partial charge in [-0.05, 0) is 30.9 Å². The third kappa shape index (κ3) is 2.60. The zero-order chi connectivity index (χ0) is 15.8. The average molecular weight is 313 g/mol. The van der Waals surface area contributed by atoms with E-state index in [4.69, 9.17) is 9.47 Å². The van der Waals surface area contributed by atoms with Crippen LogP contribution in [0.25, 0.3) is 22.3 Å². The van der Waals surface area contributed by atoms with Crippen molar-refractivity contribution in [3.8, 4) is 22.8 Å². The van der Waals surface area contributed by atoms with Gasteiger partial charge in [0.1, 0.15) is 17.8 Å². The van der Waals surface area contributed by atoms with Gasteiger partial charge in [-0.25, -0.2) is 14.4 Å². The number of aromatic nitrogens is 3. The van der Waals surface area contributed by atoms with Crippen molar-refractivity contribution >= 4 is 11.0 Å². The van der Waals surface area contributed by atoms with E-state index in [0.717, 1.165) is 11.0 Å². The minimum atomic E-state index is -0.446. The number of benzene rings is 1. The van der Waals surface area contributed by atoms with Gasteiger partial charge in [0.05, 0.1) is 24.8 Å².